The highest BCUT2D eigenvalue weighted by Gasteiger charge is 2.17. The molecule has 1 N–H and O–H groups in total. The summed E-state index contributed by atoms with van der Waals surface area (Å²) in [6.45, 7) is 1.03. The molecule has 0 heterocycles. The maximum atomic E-state index is 11.6. The zero-order valence-corrected chi connectivity index (χ0v) is 10.7. The number of amides is 1. The SMILES string of the molecule is O=C(COCC1CCCC1)NC1CCCCC1. The first-order valence-corrected chi connectivity index (χ1v) is 7.21. The number of hydrogen-bond acceptors (Lipinski definition) is 2. The van der Waals surface area contributed by atoms with Gasteiger partial charge in [-0.1, -0.05) is 32.1 Å². The zero-order chi connectivity index (χ0) is 11.9. The Labute approximate surface area is 104 Å². The summed E-state index contributed by atoms with van der Waals surface area (Å²) in [5, 5.41) is 3.08. The lowest BCUT2D eigenvalue weighted by atomic mass is 9.95. The van der Waals surface area contributed by atoms with Crippen molar-refractivity contribution in [3.05, 3.63) is 0 Å². The van der Waals surface area contributed by atoms with E-state index < -0.39 is 0 Å². The molecule has 3 heteroatoms. The van der Waals surface area contributed by atoms with Crippen molar-refractivity contribution in [1.29, 1.82) is 0 Å². The van der Waals surface area contributed by atoms with Crippen LogP contribution in [0.4, 0.5) is 0 Å². The van der Waals surface area contributed by atoms with Crippen molar-refractivity contribution in [1.82, 2.24) is 5.32 Å². The minimum Gasteiger partial charge on any atom is -0.371 e. The van der Waals surface area contributed by atoms with E-state index in [0.717, 1.165) is 19.4 Å². The first-order valence-electron chi connectivity index (χ1n) is 7.21. The summed E-state index contributed by atoms with van der Waals surface area (Å²) in [6.07, 6.45) is 11.4. The molecule has 1 amide bonds. The monoisotopic (exact) mass is 239 g/mol. The summed E-state index contributed by atoms with van der Waals surface area (Å²) in [4.78, 5) is 11.6. The fourth-order valence-electron chi connectivity index (χ4n) is 3.01. The quantitative estimate of drug-likeness (QED) is 0.801. The van der Waals surface area contributed by atoms with Crippen LogP contribution in [0.5, 0.6) is 0 Å². The molecule has 2 fully saturated rings. The standard InChI is InChI=1S/C14H25NO2/c16-14(15-13-8-2-1-3-9-13)11-17-10-12-6-4-5-7-12/h12-13H,1-11H2,(H,15,16). The number of rotatable bonds is 5. The van der Waals surface area contributed by atoms with E-state index in [0.29, 0.717) is 12.0 Å². The molecule has 0 aliphatic heterocycles. The van der Waals surface area contributed by atoms with Crippen LogP contribution in [0.25, 0.3) is 0 Å². The summed E-state index contributed by atoms with van der Waals surface area (Å²) < 4.78 is 5.51. The Morgan fingerprint density at radius 2 is 1.65 bits per heavy atom. The Bertz CT molecular complexity index is 230. The lowest BCUT2D eigenvalue weighted by Crippen LogP contribution is -2.38. The summed E-state index contributed by atoms with van der Waals surface area (Å²) in [5.41, 5.74) is 0. The molecule has 2 aliphatic carbocycles. The molecule has 3 nitrogen and oxygen atoms in total. The Morgan fingerprint density at radius 1 is 1.00 bits per heavy atom. The summed E-state index contributed by atoms with van der Waals surface area (Å²) in [5.74, 6) is 0.785. The lowest BCUT2D eigenvalue weighted by Gasteiger charge is -2.22. The molecule has 0 aromatic rings. The predicted molar refractivity (Wildman–Crippen MR) is 67.8 cm³/mol. The molecule has 0 aromatic carbocycles. The smallest absolute Gasteiger partial charge is 0.246 e. The van der Waals surface area contributed by atoms with Crippen molar-refractivity contribution < 1.29 is 9.53 Å². The molecule has 0 aromatic heterocycles. The molecular weight excluding hydrogens is 214 g/mol. The Morgan fingerprint density at radius 3 is 2.35 bits per heavy atom. The van der Waals surface area contributed by atoms with Crippen LogP contribution < -0.4 is 5.32 Å². The lowest BCUT2D eigenvalue weighted by molar-refractivity contribution is -0.127. The largest absolute Gasteiger partial charge is 0.371 e. The number of hydrogen-bond donors (Lipinski definition) is 1. The Kier molecular flexibility index (Phi) is 5.30. The normalized spacial score (nSPS) is 22.8. The number of carbonyl (C=O) groups excluding carboxylic acids is 1. The van der Waals surface area contributed by atoms with Crippen molar-refractivity contribution in [3.8, 4) is 0 Å². The first kappa shape index (κ1) is 12.9. The fraction of sp³-hybridized carbons (Fsp3) is 0.929. The van der Waals surface area contributed by atoms with E-state index in [2.05, 4.69) is 5.32 Å². The maximum absolute atomic E-state index is 11.6. The second-order valence-corrected chi connectivity index (χ2v) is 5.57. The van der Waals surface area contributed by atoms with Crippen LogP contribution in [0.2, 0.25) is 0 Å². The van der Waals surface area contributed by atoms with E-state index >= 15 is 0 Å². The van der Waals surface area contributed by atoms with Crippen molar-refractivity contribution in [2.75, 3.05) is 13.2 Å². The summed E-state index contributed by atoms with van der Waals surface area (Å²) in [7, 11) is 0. The third kappa shape index (κ3) is 4.66. The molecular formula is C14H25NO2. The molecule has 0 unspecified atom stereocenters. The topological polar surface area (TPSA) is 38.3 Å². The van der Waals surface area contributed by atoms with Gasteiger partial charge in [0.05, 0.1) is 6.61 Å². The average Bonchev–Trinajstić information content (AvgIpc) is 2.83. The van der Waals surface area contributed by atoms with E-state index in [1.54, 1.807) is 0 Å². The molecule has 0 radical (unpaired) electrons. The number of ether oxygens (including phenoxy) is 1. The molecule has 2 rings (SSSR count). The van der Waals surface area contributed by atoms with Crippen molar-refractivity contribution >= 4 is 5.91 Å². The van der Waals surface area contributed by atoms with Crippen LogP contribution in [0.1, 0.15) is 57.8 Å². The van der Waals surface area contributed by atoms with Crippen LogP contribution >= 0.6 is 0 Å². The third-order valence-corrected chi connectivity index (χ3v) is 4.03. The molecule has 0 bridgehead atoms. The Balaban J connectivity index is 1.53. The van der Waals surface area contributed by atoms with Crippen LogP contribution in [0, 0.1) is 5.92 Å². The second-order valence-electron chi connectivity index (χ2n) is 5.57. The van der Waals surface area contributed by atoms with Crippen LogP contribution in [0.3, 0.4) is 0 Å². The highest BCUT2D eigenvalue weighted by molar-refractivity contribution is 5.77. The van der Waals surface area contributed by atoms with E-state index in [-0.39, 0.29) is 12.5 Å². The molecule has 2 saturated carbocycles. The van der Waals surface area contributed by atoms with Crippen LogP contribution in [-0.4, -0.2) is 25.2 Å². The van der Waals surface area contributed by atoms with Gasteiger partial charge < -0.3 is 10.1 Å². The predicted octanol–water partition coefficient (Wildman–Crippen LogP) is 2.64. The third-order valence-electron chi connectivity index (χ3n) is 4.03. The van der Waals surface area contributed by atoms with Gasteiger partial charge in [-0.05, 0) is 31.6 Å². The summed E-state index contributed by atoms with van der Waals surface area (Å²) >= 11 is 0. The number of nitrogens with one attached hydrogen (secondary N) is 1. The Hall–Kier alpha value is -0.570. The number of carbonyl (C=O) groups is 1. The molecule has 98 valence electrons. The minimum absolute atomic E-state index is 0.0786. The highest BCUT2D eigenvalue weighted by Crippen LogP contribution is 2.24. The van der Waals surface area contributed by atoms with Gasteiger partial charge in [0.2, 0.25) is 5.91 Å². The van der Waals surface area contributed by atoms with Crippen molar-refractivity contribution in [2.45, 2.75) is 63.8 Å². The molecule has 0 spiro atoms. The average molecular weight is 239 g/mol. The van der Waals surface area contributed by atoms with Crippen LogP contribution in [-0.2, 0) is 9.53 Å². The van der Waals surface area contributed by atoms with Gasteiger partial charge in [-0.15, -0.1) is 0 Å². The van der Waals surface area contributed by atoms with Crippen molar-refractivity contribution in [3.63, 3.8) is 0 Å². The van der Waals surface area contributed by atoms with E-state index in [1.165, 1.54) is 44.9 Å². The molecule has 2 aliphatic rings. The fourth-order valence-corrected chi connectivity index (χ4v) is 3.01. The van der Waals surface area contributed by atoms with Gasteiger partial charge in [-0.25, -0.2) is 0 Å². The molecule has 0 saturated heterocycles. The van der Waals surface area contributed by atoms with Gasteiger partial charge in [0.15, 0.2) is 0 Å². The van der Waals surface area contributed by atoms with Crippen LogP contribution in [0.15, 0.2) is 0 Å². The highest BCUT2D eigenvalue weighted by atomic mass is 16.5. The maximum Gasteiger partial charge on any atom is 0.246 e. The van der Waals surface area contributed by atoms with E-state index in [1.807, 2.05) is 0 Å². The van der Waals surface area contributed by atoms with E-state index in [4.69, 9.17) is 4.74 Å². The summed E-state index contributed by atoms with van der Waals surface area (Å²) in [6, 6.07) is 0.409. The first-order chi connectivity index (χ1) is 8.34. The van der Waals surface area contributed by atoms with Crippen molar-refractivity contribution in [2.24, 2.45) is 5.92 Å². The van der Waals surface area contributed by atoms with Gasteiger partial charge in [0.25, 0.3) is 0 Å². The molecule has 0 atom stereocenters. The van der Waals surface area contributed by atoms with Gasteiger partial charge in [-0.2, -0.15) is 0 Å². The van der Waals surface area contributed by atoms with Gasteiger partial charge in [0.1, 0.15) is 6.61 Å². The molecule has 17 heavy (non-hydrogen) atoms. The zero-order valence-electron chi connectivity index (χ0n) is 10.7. The van der Waals surface area contributed by atoms with Gasteiger partial charge in [0, 0.05) is 6.04 Å². The van der Waals surface area contributed by atoms with Gasteiger partial charge in [-0.3, -0.25) is 4.79 Å². The van der Waals surface area contributed by atoms with Gasteiger partial charge >= 0.3 is 0 Å². The minimum atomic E-state index is 0.0786. The second kappa shape index (κ2) is 7.00. The van der Waals surface area contributed by atoms with E-state index in [9.17, 15) is 4.79 Å².